The molecular weight excluding hydrogens is 226 g/mol. The average molecular weight is 241 g/mol. The van der Waals surface area contributed by atoms with Crippen molar-refractivity contribution in [2.45, 2.75) is 6.10 Å². The predicted molar refractivity (Wildman–Crippen MR) is 71.3 cm³/mol. The van der Waals surface area contributed by atoms with E-state index in [0.717, 1.165) is 23.7 Å². The maximum absolute atomic E-state index is 5.87. The standard InChI is InChI=1S/C15H15NO2/c1-2-6-12(7-3-1)17-11-13-10-16-14-8-4-5-9-15(14)18-13/h1-9,13,16H,10-11H2. The van der Waals surface area contributed by atoms with Gasteiger partial charge in [0.05, 0.1) is 12.2 Å². The summed E-state index contributed by atoms with van der Waals surface area (Å²) in [5.41, 5.74) is 1.05. The molecule has 18 heavy (non-hydrogen) atoms. The second-order valence-electron chi connectivity index (χ2n) is 4.24. The number of hydrogen-bond donors (Lipinski definition) is 1. The highest BCUT2D eigenvalue weighted by atomic mass is 16.5. The number of para-hydroxylation sites is 3. The van der Waals surface area contributed by atoms with Gasteiger partial charge in [-0.05, 0) is 24.3 Å². The van der Waals surface area contributed by atoms with E-state index in [1.165, 1.54) is 0 Å². The third kappa shape index (κ3) is 2.40. The molecular formula is C15H15NO2. The van der Waals surface area contributed by atoms with Crippen LogP contribution in [0.4, 0.5) is 5.69 Å². The summed E-state index contributed by atoms with van der Waals surface area (Å²) in [6, 6.07) is 17.8. The minimum Gasteiger partial charge on any atom is -0.490 e. The van der Waals surface area contributed by atoms with Crippen LogP contribution < -0.4 is 14.8 Å². The zero-order valence-electron chi connectivity index (χ0n) is 10.0. The average Bonchev–Trinajstić information content (AvgIpc) is 2.46. The number of fused-ring (bicyclic) bond motifs is 1. The molecule has 1 unspecified atom stereocenters. The molecule has 0 spiro atoms. The Morgan fingerprint density at radius 2 is 1.83 bits per heavy atom. The zero-order chi connectivity index (χ0) is 12.2. The molecule has 0 saturated heterocycles. The summed E-state index contributed by atoms with van der Waals surface area (Å²) in [6.45, 7) is 1.31. The topological polar surface area (TPSA) is 30.5 Å². The third-order valence-electron chi connectivity index (χ3n) is 2.88. The number of anilines is 1. The Bertz CT molecular complexity index is 513. The summed E-state index contributed by atoms with van der Waals surface area (Å²) in [5, 5.41) is 3.34. The van der Waals surface area contributed by atoms with E-state index in [1.54, 1.807) is 0 Å². The third-order valence-corrected chi connectivity index (χ3v) is 2.88. The molecule has 1 aliphatic heterocycles. The number of hydrogen-bond acceptors (Lipinski definition) is 3. The first-order valence-electron chi connectivity index (χ1n) is 6.09. The minimum atomic E-state index is 0.0418. The van der Waals surface area contributed by atoms with Crippen molar-refractivity contribution in [1.29, 1.82) is 0 Å². The number of nitrogens with one attached hydrogen (secondary N) is 1. The van der Waals surface area contributed by atoms with Gasteiger partial charge in [-0.25, -0.2) is 0 Å². The molecule has 0 aromatic heterocycles. The first-order valence-corrected chi connectivity index (χ1v) is 6.09. The van der Waals surface area contributed by atoms with Crippen LogP contribution in [0.15, 0.2) is 54.6 Å². The molecule has 0 amide bonds. The second kappa shape index (κ2) is 5.00. The van der Waals surface area contributed by atoms with Crippen LogP contribution >= 0.6 is 0 Å². The SMILES string of the molecule is c1ccc(OCC2CNc3ccccc3O2)cc1. The van der Waals surface area contributed by atoms with Crippen molar-refractivity contribution in [1.82, 2.24) is 0 Å². The highest BCUT2D eigenvalue weighted by Gasteiger charge is 2.19. The molecule has 0 saturated carbocycles. The van der Waals surface area contributed by atoms with Crippen LogP contribution in [-0.2, 0) is 0 Å². The van der Waals surface area contributed by atoms with E-state index in [2.05, 4.69) is 5.32 Å². The van der Waals surface area contributed by atoms with Gasteiger partial charge in [0.25, 0.3) is 0 Å². The Hall–Kier alpha value is -2.16. The van der Waals surface area contributed by atoms with E-state index in [-0.39, 0.29) is 6.10 Å². The molecule has 1 atom stereocenters. The highest BCUT2D eigenvalue weighted by molar-refractivity contribution is 5.57. The summed E-state index contributed by atoms with van der Waals surface area (Å²) in [7, 11) is 0. The molecule has 3 nitrogen and oxygen atoms in total. The summed E-state index contributed by atoms with van der Waals surface area (Å²) in [5.74, 6) is 1.77. The zero-order valence-corrected chi connectivity index (χ0v) is 10.0. The molecule has 92 valence electrons. The van der Waals surface area contributed by atoms with Crippen molar-refractivity contribution in [3.63, 3.8) is 0 Å². The first kappa shape index (κ1) is 11.0. The number of ether oxygens (including phenoxy) is 2. The molecule has 1 N–H and O–H groups in total. The predicted octanol–water partition coefficient (Wildman–Crippen LogP) is 2.94. The summed E-state index contributed by atoms with van der Waals surface area (Å²) in [6.07, 6.45) is 0.0418. The van der Waals surface area contributed by atoms with E-state index in [4.69, 9.17) is 9.47 Å². The van der Waals surface area contributed by atoms with E-state index in [9.17, 15) is 0 Å². The fraction of sp³-hybridized carbons (Fsp3) is 0.200. The monoisotopic (exact) mass is 241 g/mol. The fourth-order valence-electron chi connectivity index (χ4n) is 1.96. The Labute approximate surface area is 106 Å². The Morgan fingerprint density at radius 3 is 2.72 bits per heavy atom. The van der Waals surface area contributed by atoms with Gasteiger partial charge in [0, 0.05) is 0 Å². The van der Waals surface area contributed by atoms with Crippen LogP contribution in [0.1, 0.15) is 0 Å². The molecule has 0 fully saturated rings. The lowest BCUT2D eigenvalue weighted by atomic mass is 10.2. The van der Waals surface area contributed by atoms with Crippen LogP contribution in [0.2, 0.25) is 0 Å². The van der Waals surface area contributed by atoms with E-state index in [1.807, 2.05) is 54.6 Å². The van der Waals surface area contributed by atoms with Gasteiger partial charge in [0.1, 0.15) is 24.2 Å². The van der Waals surface area contributed by atoms with Crippen molar-refractivity contribution in [2.24, 2.45) is 0 Å². The molecule has 0 radical (unpaired) electrons. The van der Waals surface area contributed by atoms with Crippen molar-refractivity contribution in [3.05, 3.63) is 54.6 Å². The molecule has 1 aliphatic rings. The van der Waals surface area contributed by atoms with Crippen molar-refractivity contribution < 1.29 is 9.47 Å². The molecule has 2 aromatic rings. The number of rotatable bonds is 3. The van der Waals surface area contributed by atoms with Crippen LogP contribution in [0.25, 0.3) is 0 Å². The lowest BCUT2D eigenvalue weighted by Crippen LogP contribution is -2.35. The largest absolute Gasteiger partial charge is 0.490 e. The van der Waals surface area contributed by atoms with E-state index in [0.29, 0.717) is 6.61 Å². The van der Waals surface area contributed by atoms with Gasteiger partial charge < -0.3 is 14.8 Å². The maximum Gasteiger partial charge on any atom is 0.150 e. The van der Waals surface area contributed by atoms with Crippen molar-refractivity contribution in [2.75, 3.05) is 18.5 Å². The molecule has 0 aliphatic carbocycles. The lowest BCUT2D eigenvalue weighted by Gasteiger charge is -2.27. The van der Waals surface area contributed by atoms with E-state index < -0.39 is 0 Å². The number of benzene rings is 2. The Morgan fingerprint density at radius 1 is 1.06 bits per heavy atom. The van der Waals surface area contributed by atoms with Gasteiger partial charge in [-0.15, -0.1) is 0 Å². The smallest absolute Gasteiger partial charge is 0.150 e. The van der Waals surface area contributed by atoms with Gasteiger partial charge in [0.15, 0.2) is 0 Å². The van der Waals surface area contributed by atoms with Crippen LogP contribution in [-0.4, -0.2) is 19.3 Å². The normalized spacial score (nSPS) is 17.2. The summed E-state index contributed by atoms with van der Waals surface area (Å²) in [4.78, 5) is 0. The second-order valence-corrected chi connectivity index (χ2v) is 4.24. The summed E-state index contributed by atoms with van der Waals surface area (Å²) < 4.78 is 11.6. The molecule has 0 bridgehead atoms. The minimum absolute atomic E-state index is 0.0418. The highest BCUT2D eigenvalue weighted by Crippen LogP contribution is 2.28. The molecule has 1 heterocycles. The van der Waals surface area contributed by atoms with Gasteiger partial charge in [-0.3, -0.25) is 0 Å². The first-order chi connectivity index (χ1) is 8.92. The molecule has 3 heteroatoms. The summed E-state index contributed by atoms with van der Waals surface area (Å²) >= 11 is 0. The fourth-order valence-corrected chi connectivity index (χ4v) is 1.96. The van der Waals surface area contributed by atoms with Crippen LogP contribution in [0, 0.1) is 0 Å². The van der Waals surface area contributed by atoms with Gasteiger partial charge in [-0.1, -0.05) is 30.3 Å². The Balaban J connectivity index is 1.60. The van der Waals surface area contributed by atoms with Crippen LogP contribution in [0.5, 0.6) is 11.5 Å². The van der Waals surface area contributed by atoms with Gasteiger partial charge in [0.2, 0.25) is 0 Å². The lowest BCUT2D eigenvalue weighted by molar-refractivity contribution is 0.132. The van der Waals surface area contributed by atoms with Crippen molar-refractivity contribution >= 4 is 5.69 Å². The van der Waals surface area contributed by atoms with Crippen LogP contribution in [0.3, 0.4) is 0 Å². The quantitative estimate of drug-likeness (QED) is 0.896. The van der Waals surface area contributed by atoms with Gasteiger partial charge in [-0.2, -0.15) is 0 Å². The maximum atomic E-state index is 5.87. The Kier molecular flexibility index (Phi) is 3.05. The molecule has 2 aromatic carbocycles. The van der Waals surface area contributed by atoms with Gasteiger partial charge >= 0.3 is 0 Å². The van der Waals surface area contributed by atoms with Crippen molar-refractivity contribution in [3.8, 4) is 11.5 Å². The molecule has 3 rings (SSSR count). The van der Waals surface area contributed by atoms with E-state index >= 15 is 0 Å².